The van der Waals surface area contributed by atoms with E-state index < -0.39 is 10.0 Å². The summed E-state index contributed by atoms with van der Waals surface area (Å²) in [5, 5.41) is 4.16. The second-order valence-electron chi connectivity index (χ2n) is 6.35. The van der Waals surface area contributed by atoms with Crippen molar-refractivity contribution in [3.05, 3.63) is 36.4 Å². The van der Waals surface area contributed by atoms with Crippen LogP contribution in [0.5, 0.6) is 0 Å². The predicted octanol–water partition coefficient (Wildman–Crippen LogP) is 1.90. The lowest BCUT2D eigenvalue weighted by Crippen LogP contribution is -2.35. The van der Waals surface area contributed by atoms with Crippen LogP contribution in [0.2, 0.25) is 0 Å². The van der Waals surface area contributed by atoms with Gasteiger partial charge in [-0.25, -0.2) is 8.42 Å². The first-order valence-corrected chi connectivity index (χ1v) is 10.1. The summed E-state index contributed by atoms with van der Waals surface area (Å²) in [6.45, 7) is 7.32. The van der Waals surface area contributed by atoms with Crippen molar-refractivity contribution in [3.63, 3.8) is 0 Å². The average molecular weight is 363 g/mol. The molecule has 0 unspecified atom stereocenters. The number of aryl methyl sites for hydroxylation is 2. The molecule has 8 heteroatoms. The molecule has 1 aliphatic rings. The second-order valence-corrected chi connectivity index (χ2v) is 8.28. The average Bonchev–Trinajstić information content (AvgIpc) is 2.92. The van der Waals surface area contributed by atoms with E-state index in [4.69, 9.17) is 0 Å². The van der Waals surface area contributed by atoms with Crippen LogP contribution in [0.15, 0.2) is 35.7 Å². The van der Waals surface area contributed by atoms with Crippen molar-refractivity contribution in [3.8, 4) is 0 Å². The summed E-state index contributed by atoms with van der Waals surface area (Å²) in [7, 11) is -3.49. The topological polar surface area (TPSA) is 71.3 Å². The van der Waals surface area contributed by atoms with E-state index in [2.05, 4.69) is 15.0 Å². The molecule has 0 bridgehead atoms. The van der Waals surface area contributed by atoms with E-state index in [0.29, 0.717) is 19.6 Å². The van der Waals surface area contributed by atoms with Crippen molar-refractivity contribution in [2.24, 2.45) is 0 Å². The van der Waals surface area contributed by atoms with Crippen LogP contribution in [0.25, 0.3) is 0 Å². The van der Waals surface area contributed by atoms with E-state index in [1.54, 1.807) is 21.4 Å². The van der Waals surface area contributed by atoms with Crippen LogP contribution in [0.3, 0.4) is 0 Å². The van der Waals surface area contributed by atoms with Gasteiger partial charge in [0.2, 0.25) is 10.0 Å². The minimum atomic E-state index is -3.49. The molecule has 0 spiro atoms. The molecule has 1 saturated heterocycles. The molecule has 7 nitrogen and oxygen atoms in total. The fourth-order valence-corrected chi connectivity index (χ4v) is 4.60. The number of sulfonamides is 1. The molecule has 0 N–H and O–H groups in total. The summed E-state index contributed by atoms with van der Waals surface area (Å²) in [4.78, 5) is 6.66. The molecule has 0 atom stereocenters. The SMILES string of the molecule is CCCn1cc(S(=O)(=O)N2CCCN(c3ccncc3C)CC2)cn1. The first-order valence-electron chi connectivity index (χ1n) is 8.70. The van der Waals surface area contributed by atoms with Crippen molar-refractivity contribution in [1.29, 1.82) is 0 Å². The zero-order chi connectivity index (χ0) is 17.9. The van der Waals surface area contributed by atoms with Gasteiger partial charge in [0.15, 0.2) is 0 Å². The van der Waals surface area contributed by atoms with Crippen molar-refractivity contribution in [2.45, 2.75) is 38.1 Å². The van der Waals surface area contributed by atoms with Gasteiger partial charge in [-0.2, -0.15) is 9.40 Å². The molecule has 3 rings (SSSR count). The minimum absolute atomic E-state index is 0.287. The van der Waals surface area contributed by atoms with Gasteiger partial charge in [0.05, 0.1) is 6.20 Å². The largest absolute Gasteiger partial charge is 0.370 e. The Kier molecular flexibility index (Phi) is 5.39. The van der Waals surface area contributed by atoms with E-state index in [9.17, 15) is 8.42 Å². The molecule has 0 aliphatic carbocycles. The minimum Gasteiger partial charge on any atom is -0.370 e. The standard InChI is InChI=1S/C17H25N5O2S/c1-3-7-21-14-16(13-19-21)25(23,24)22-9-4-8-20(10-11-22)17-5-6-18-12-15(17)2/h5-6,12-14H,3-4,7-11H2,1-2H3. The molecular formula is C17H25N5O2S. The van der Waals surface area contributed by atoms with Gasteiger partial charge in [0, 0.05) is 57.0 Å². The van der Waals surface area contributed by atoms with Crippen molar-refractivity contribution >= 4 is 15.7 Å². The smallest absolute Gasteiger partial charge is 0.246 e. The van der Waals surface area contributed by atoms with Crippen molar-refractivity contribution < 1.29 is 8.42 Å². The number of aromatic nitrogens is 3. The molecule has 136 valence electrons. The summed E-state index contributed by atoms with van der Waals surface area (Å²) >= 11 is 0. The highest BCUT2D eigenvalue weighted by Crippen LogP contribution is 2.22. The molecule has 3 heterocycles. The first-order chi connectivity index (χ1) is 12.0. The van der Waals surface area contributed by atoms with E-state index in [1.165, 1.54) is 6.20 Å². The number of anilines is 1. The van der Waals surface area contributed by atoms with Crippen molar-refractivity contribution in [2.75, 3.05) is 31.1 Å². The number of pyridine rings is 1. The lowest BCUT2D eigenvalue weighted by Gasteiger charge is -2.24. The Morgan fingerprint density at radius 2 is 2.00 bits per heavy atom. The van der Waals surface area contributed by atoms with Gasteiger partial charge in [-0.1, -0.05) is 6.92 Å². The van der Waals surface area contributed by atoms with Gasteiger partial charge < -0.3 is 4.90 Å². The van der Waals surface area contributed by atoms with E-state index in [0.717, 1.165) is 37.2 Å². The van der Waals surface area contributed by atoms with Crippen LogP contribution in [-0.2, 0) is 16.6 Å². The highest BCUT2D eigenvalue weighted by Gasteiger charge is 2.28. The third-order valence-corrected chi connectivity index (χ3v) is 6.34. The fourth-order valence-electron chi connectivity index (χ4n) is 3.17. The van der Waals surface area contributed by atoms with Crippen LogP contribution in [0, 0.1) is 6.92 Å². The molecule has 2 aromatic heterocycles. The van der Waals surface area contributed by atoms with Crippen LogP contribution in [0.4, 0.5) is 5.69 Å². The van der Waals surface area contributed by atoms with E-state index >= 15 is 0 Å². The number of nitrogens with zero attached hydrogens (tertiary/aromatic N) is 5. The Hall–Kier alpha value is -1.93. The molecule has 0 radical (unpaired) electrons. The summed E-state index contributed by atoms with van der Waals surface area (Å²) in [6, 6.07) is 1.99. The molecular weight excluding hydrogens is 338 g/mol. The Labute approximate surface area is 149 Å². The highest BCUT2D eigenvalue weighted by atomic mass is 32.2. The summed E-state index contributed by atoms with van der Waals surface area (Å²) < 4.78 is 29.1. The monoisotopic (exact) mass is 363 g/mol. The predicted molar refractivity (Wildman–Crippen MR) is 97.1 cm³/mol. The number of rotatable bonds is 5. The molecule has 0 amide bonds. The highest BCUT2D eigenvalue weighted by molar-refractivity contribution is 7.89. The fraction of sp³-hybridized carbons (Fsp3) is 0.529. The van der Waals surface area contributed by atoms with Crippen LogP contribution in [0.1, 0.15) is 25.3 Å². The summed E-state index contributed by atoms with van der Waals surface area (Å²) in [5.41, 5.74) is 2.24. The Morgan fingerprint density at radius 3 is 2.76 bits per heavy atom. The zero-order valence-corrected chi connectivity index (χ0v) is 15.6. The maximum atomic E-state index is 12.9. The Morgan fingerprint density at radius 1 is 1.16 bits per heavy atom. The Balaban J connectivity index is 1.74. The lowest BCUT2D eigenvalue weighted by molar-refractivity contribution is 0.433. The quantitative estimate of drug-likeness (QED) is 0.811. The lowest BCUT2D eigenvalue weighted by atomic mass is 10.2. The van der Waals surface area contributed by atoms with Crippen LogP contribution >= 0.6 is 0 Å². The number of hydrogen-bond acceptors (Lipinski definition) is 5. The van der Waals surface area contributed by atoms with E-state index in [-0.39, 0.29) is 4.90 Å². The van der Waals surface area contributed by atoms with Gasteiger partial charge in [-0.05, 0) is 31.4 Å². The molecule has 0 aromatic carbocycles. The van der Waals surface area contributed by atoms with Gasteiger partial charge in [-0.15, -0.1) is 0 Å². The van der Waals surface area contributed by atoms with Crippen LogP contribution < -0.4 is 4.90 Å². The van der Waals surface area contributed by atoms with Crippen molar-refractivity contribution in [1.82, 2.24) is 19.1 Å². The second kappa shape index (κ2) is 7.53. The maximum absolute atomic E-state index is 12.9. The third kappa shape index (κ3) is 3.85. The normalized spacial score (nSPS) is 16.8. The van der Waals surface area contributed by atoms with Gasteiger partial charge >= 0.3 is 0 Å². The summed E-state index contributed by atoms with van der Waals surface area (Å²) in [5.74, 6) is 0. The third-order valence-electron chi connectivity index (χ3n) is 4.49. The molecule has 1 fully saturated rings. The molecule has 25 heavy (non-hydrogen) atoms. The summed E-state index contributed by atoms with van der Waals surface area (Å²) in [6.07, 6.45) is 8.44. The molecule has 2 aromatic rings. The van der Waals surface area contributed by atoms with Gasteiger partial charge in [0.25, 0.3) is 0 Å². The van der Waals surface area contributed by atoms with Gasteiger partial charge in [-0.3, -0.25) is 9.67 Å². The van der Waals surface area contributed by atoms with E-state index in [1.807, 2.05) is 26.1 Å². The maximum Gasteiger partial charge on any atom is 0.246 e. The molecule has 1 aliphatic heterocycles. The Bertz CT molecular complexity index is 818. The van der Waals surface area contributed by atoms with Gasteiger partial charge in [0.1, 0.15) is 4.90 Å². The number of hydrogen-bond donors (Lipinski definition) is 0. The first kappa shape index (κ1) is 17.9. The van der Waals surface area contributed by atoms with Crippen LogP contribution in [-0.4, -0.2) is 53.7 Å². The zero-order valence-electron chi connectivity index (χ0n) is 14.8. The molecule has 0 saturated carbocycles.